The number of ether oxygens (including phenoxy) is 1. The van der Waals surface area contributed by atoms with E-state index >= 15 is 0 Å². The molecule has 1 aliphatic heterocycles. The van der Waals surface area contributed by atoms with Gasteiger partial charge in [0.1, 0.15) is 12.2 Å². The largest absolute Gasteiger partial charge is 0.388 e. The molecule has 0 aromatic carbocycles. The third-order valence-corrected chi connectivity index (χ3v) is 2.35. The van der Waals surface area contributed by atoms with E-state index in [0.29, 0.717) is 6.42 Å². The molecule has 0 bridgehead atoms. The molecule has 0 radical (unpaired) electrons. The topological polar surface area (TPSA) is 69.9 Å². The minimum atomic E-state index is -1.94. The minimum absolute atomic E-state index is 0.241. The summed E-state index contributed by atoms with van der Waals surface area (Å²) in [5.41, 5.74) is 0. The molecule has 14 heavy (non-hydrogen) atoms. The molecule has 0 aliphatic carbocycles. The van der Waals surface area contributed by atoms with E-state index in [-0.39, 0.29) is 5.92 Å². The Bertz CT molecular complexity index is 188. The van der Waals surface area contributed by atoms with Crippen molar-refractivity contribution in [2.45, 2.75) is 51.0 Å². The maximum Gasteiger partial charge on any atom is 0.189 e. The highest BCUT2D eigenvalue weighted by Crippen LogP contribution is 2.25. The molecule has 3 N–H and O–H groups in total. The quantitative estimate of drug-likeness (QED) is 0.588. The SMILES string of the molecule is CC(C)C[C@H]1OC(O)[C@H](F)[C@@H](O)[C@@H]1O. The predicted molar refractivity (Wildman–Crippen MR) is 47.2 cm³/mol. The summed E-state index contributed by atoms with van der Waals surface area (Å²) >= 11 is 0. The standard InChI is InChI=1S/C9H17FO4/c1-4(2)3-5-7(11)8(12)6(10)9(13)14-5/h4-9,11-13H,3H2,1-2H3/t5-,6-,7-,8-,9?/m1/s1. The van der Waals surface area contributed by atoms with Crippen molar-refractivity contribution in [3.8, 4) is 0 Å². The third kappa shape index (κ3) is 2.42. The molecule has 1 rings (SSSR count). The second kappa shape index (κ2) is 4.53. The van der Waals surface area contributed by atoms with Crippen LogP contribution in [0.2, 0.25) is 0 Å². The number of aliphatic hydroxyl groups is 3. The van der Waals surface area contributed by atoms with Crippen molar-refractivity contribution in [1.29, 1.82) is 0 Å². The molecule has 1 aliphatic rings. The lowest BCUT2D eigenvalue weighted by Crippen LogP contribution is -2.56. The van der Waals surface area contributed by atoms with Crippen LogP contribution in [0.4, 0.5) is 4.39 Å². The molecule has 1 heterocycles. The van der Waals surface area contributed by atoms with Crippen molar-refractivity contribution in [2.24, 2.45) is 5.92 Å². The first-order chi connectivity index (χ1) is 6.43. The molecular formula is C9H17FO4. The van der Waals surface area contributed by atoms with E-state index in [1.165, 1.54) is 0 Å². The van der Waals surface area contributed by atoms with Crippen LogP contribution in [0.25, 0.3) is 0 Å². The van der Waals surface area contributed by atoms with Crippen molar-refractivity contribution >= 4 is 0 Å². The van der Waals surface area contributed by atoms with Gasteiger partial charge in [-0.15, -0.1) is 0 Å². The predicted octanol–water partition coefficient (Wildman–Crippen LogP) is -0.190. The smallest absolute Gasteiger partial charge is 0.189 e. The Kier molecular flexibility index (Phi) is 3.83. The van der Waals surface area contributed by atoms with E-state index in [9.17, 15) is 14.6 Å². The normalized spacial score (nSPS) is 44.4. The lowest BCUT2D eigenvalue weighted by molar-refractivity contribution is -0.268. The zero-order valence-corrected chi connectivity index (χ0v) is 8.30. The first kappa shape index (κ1) is 11.8. The van der Waals surface area contributed by atoms with Crippen LogP contribution in [0.3, 0.4) is 0 Å². The van der Waals surface area contributed by atoms with Gasteiger partial charge >= 0.3 is 0 Å². The molecule has 0 aromatic rings. The molecular weight excluding hydrogens is 191 g/mol. The first-order valence-electron chi connectivity index (χ1n) is 4.77. The second-order valence-electron chi connectivity index (χ2n) is 4.12. The van der Waals surface area contributed by atoms with Gasteiger partial charge in [-0.2, -0.15) is 0 Å². The van der Waals surface area contributed by atoms with E-state index in [4.69, 9.17) is 9.84 Å². The molecule has 5 heteroatoms. The Morgan fingerprint density at radius 3 is 2.29 bits per heavy atom. The highest BCUT2D eigenvalue weighted by Gasteiger charge is 2.44. The van der Waals surface area contributed by atoms with Crippen molar-refractivity contribution in [2.75, 3.05) is 0 Å². The summed E-state index contributed by atoms with van der Waals surface area (Å²) in [5, 5.41) is 27.8. The monoisotopic (exact) mass is 208 g/mol. The first-order valence-corrected chi connectivity index (χ1v) is 4.77. The maximum absolute atomic E-state index is 12.9. The minimum Gasteiger partial charge on any atom is -0.388 e. The number of rotatable bonds is 2. The number of hydrogen-bond donors (Lipinski definition) is 3. The summed E-state index contributed by atoms with van der Waals surface area (Å²) in [6, 6.07) is 0. The van der Waals surface area contributed by atoms with Crippen LogP contribution < -0.4 is 0 Å². The Morgan fingerprint density at radius 2 is 1.79 bits per heavy atom. The average Bonchev–Trinajstić information content (AvgIpc) is 2.10. The highest BCUT2D eigenvalue weighted by atomic mass is 19.1. The van der Waals surface area contributed by atoms with Gasteiger partial charge in [0, 0.05) is 0 Å². The van der Waals surface area contributed by atoms with Crippen LogP contribution in [-0.2, 0) is 4.74 Å². The number of hydrogen-bond acceptors (Lipinski definition) is 4. The molecule has 0 amide bonds. The third-order valence-electron chi connectivity index (χ3n) is 2.35. The Labute approximate surface area is 82.3 Å². The fraction of sp³-hybridized carbons (Fsp3) is 1.00. The molecule has 84 valence electrons. The number of alkyl halides is 1. The molecule has 0 saturated carbocycles. The molecule has 5 atom stereocenters. The van der Waals surface area contributed by atoms with Crippen molar-refractivity contribution in [1.82, 2.24) is 0 Å². The van der Waals surface area contributed by atoms with Gasteiger partial charge in [-0.3, -0.25) is 0 Å². The van der Waals surface area contributed by atoms with Crippen molar-refractivity contribution in [3.63, 3.8) is 0 Å². The van der Waals surface area contributed by atoms with Gasteiger partial charge < -0.3 is 20.1 Å². The van der Waals surface area contributed by atoms with Gasteiger partial charge in [0.05, 0.1) is 6.10 Å². The molecule has 0 aromatic heterocycles. The fourth-order valence-corrected chi connectivity index (χ4v) is 1.57. The molecule has 1 fully saturated rings. The number of aliphatic hydroxyl groups excluding tert-OH is 3. The van der Waals surface area contributed by atoms with Gasteiger partial charge in [0.25, 0.3) is 0 Å². The number of halogens is 1. The van der Waals surface area contributed by atoms with Gasteiger partial charge in [0.15, 0.2) is 12.5 Å². The summed E-state index contributed by atoms with van der Waals surface area (Å²) in [4.78, 5) is 0. The Hall–Kier alpha value is -0.230. The highest BCUT2D eigenvalue weighted by molar-refractivity contribution is 4.89. The van der Waals surface area contributed by atoms with Gasteiger partial charge in [0.2, 0.25) is 0 Å². The Balaban J connectivity index is 2.60. The summed E-state index contributed by atoms with van der Waals surface area (Å²) in [7, 11) is 0. The molecule has 4 nitrogen and oxygen atoms in total. The summed E-state index contributed by atoms with van der Waals surface area (Å²) in [6.45, 7) is 3.83. The van der Waals surface area contributed by atoms with Gasteiger partial charge in [-0.05, 0) is 12.3 Å². The molecule has 1 saturated heterocycles. The van der Waals surface area contributed by atoms with Crippen molar-refractivity contribution < 1.29 is 24.4 Å². The Morgan fingerprint density at radius 1 is 1.21 bits per heavy atom. The van der Waals surface area contributed by atoms with E-state index in [1.807, 2.05) is 13.8 Å². The van der Waals surface area contributed by atoms with Gasteiger partial charge in [-0.1, -0.05) is 13.8 Å². The van der Waals surface area contributed by atoms with E-state index in [2.05, 4.69) is 0 Å². The van der Waals surface area contributed by atoms with Crippen LogP contribution >= 0.6 is 0 Å². The fourth-order valence-electron chi connectivity index (χ4n) is 1.57. The second-order valence-corrected chi connectivity index (χ2v) is 4.12. The van der Waals surface area contributed by atoms with E-state index in [0.717, 1.165) is 0 Å². The summed E-state index contributed by atoms with van der Waals surface area (Å²) < 4.78 is 17.8. The zero-order chi connectivity index (χ0) is 10.9. The average molecular weight is 208 g/mol. The van der Waals surface area contributed by atoms with Crippen LogP contribution in [0.5, 0.6) is 0 Å². The summed E-state index contributed by atoms with van der Waals surface area (Å²) in [6.07, 6.45) is -6.64. The van der Waals surface area contributed by atoms with E-state index in [1.54, 1.807) is 0 Å². The zero-order valence-electron chi connectivity index (χ0n) is 8.30. The van der Waals surface area contributed by atoms with Crippen molar-refractivity contribution in [3.05, 3.63) is 0 Å². The lowest BCUT2D eigenvalue weighted by atomic mass is 9.94. The maximum atomic E-state index is 12.9. The van der Waals surface area contributed by atoms with E-state index < -0.39 is 30.8 Å². The van der Waals surface area contributed by atoms with Crippen LogP contribution in [0.15, 0.2) is 0 Å². The van der Waals surface area contributed by atoms with Gasteiger partial charge in [-0.25, -0.2) is 4.39 Å². The van der Waals surface area contributed by atoms with Crippen LogP contribution in [0, 0.1) is 5.92 Å². The lowest BCUT2D eigenvalue weighted by Gasteiger charge is -2.37. The summed E-state index contributed by atoms with van der Waals surface area (Å²) in [5.74, 6) is 0.241. The molecule has 0 spiro atoms. The molecule has 1 unspecified atom stereocenters. The van der Waals surface area contributed by atoms with Crippen LogP contribution in [0.1, 0.15) is 20.3 Å². The van der Waals surface area contributed by atoms with Crippen LogP contribution in [-0.4, -0.2) is 46.1 Å².